The largest absolute Gasteiger partial charge is 0.394 e. The van der Waals surface area contributed by atoms with Crippen LogP contribution in [0.5, 0.6) is 0 Å². The molecule has 0 spiro atoms. The van der Waals surface area contributed by atoms with Gasteiger partial charge in [0.05, 0.1) is 18.8 Å². The van der Waals surface area contributed by atoms with Crippen molar-refractivity contribution < 1.29 is 44.5 Å². The zero-order valence-electron chi connectivity index (χ0n) is 13.5. The Balaban J connectivity index is 2.13. The molecule has 24 heavy (non-hydrogen) atoms. The minimum Gasteiger partial charge on any atom is -0.394 e. The van der Waals surface area contributed by atoms with E-state index in [9.17, 15) is 30.3 Å². The van der Waals surface area contributed by atoms with Crippen molar-refractivity contribution in [3.05, 3.63) is 0 Å². The summed E-state index contributed by atoms with van der Waals surface area (Å²) in [5, 5.41) is 51.5. The fraction of sp³-hybridized carbons (Fsp3) is 0.929. The molecule has 1 amide bonds. The molecule has 2 aliphatic heterocycles. The molecular formula is C14H25NO9. The number of hydrogen-bond acceptors (Lipinski definition) is 9. The first-order valence-electron chi connectivity index (χ1n) is 7.81. The molecule has 0 bridgehead atoms. The van der Waals surface area contributed by atoms with Gasteiger partial charge in [0.2, 0.25) is 5.91 Å². The molecule has 0 aromatic heterocycles. The number of amides is 1. The van der Waals surface area contributed by atoms with Gasteiger partial charge in [0, 0.05) is 13.3 Å². The van der Waals surface area contributed by atoms with E-state index in [1.54, 1.807) is 6.92 Å². The van der Waals surface area contributed by atoms with Crippen molar-refractivity contribution in [3.8, 4) is 0 Å². The summed E-state index contributed by atoms with van der Waals surface area (Å²) in [6.45, 7) is 2.22. The minimum absolute atomic E-state index is 0.0533. The molecule has 140 valence electrons. The Morgan fingerprint density at radius 1 is 1.21 bits per heavy atom. The van der Waals surface area contributed by atoms with Crippen molar-refractivity contribution in [2.75, 3.05) is 6.61 Å². The third kappa shape index (κ3) is 4.21. The zero-order valence-corrected chi connectivity index (χ0v) is 13.5. The van der Waals surface area contributed by atoms with Gasteiger partial charge in [0.1, 0.15) is 30.5 Å². The van der Waals surface area contributed by atoms with Crippen LogP contribution in [0.1, 0.15) is 20.3 Å². The lowest BCUT2D eigenvalue weighted by atomic mass is 9.96. The predicted octanol–water partition coefficient (Wildman–Crippen LogP) is -3.20. The second kappa shape index (κ2) is 8.02. The number of nitrogens with one attached hydrogen (secondary N) is 1. The summed E-state index contributed by atoms with van der Waals surface area (Å²) in [6.07, 6.45) is -8.97. The Morgan fingerprint density at radius 3 is 2.42 bits per heavy atom. The first-order chi connectivity index (χ1) is 11.2. The SMILES string of the molecule is CC(=O)N[C@@H]1[C@@H](O[C@H]2C[C@H](O)[C@@H](O)[C@H](C)O2)[C@H](O)[C@@H](CO)O[C@H]1O. The monoisotopic (exact) mass is 351 g/mol. The maximum Gasteiger partial charge on any atom is 0.217 e. The van der Waals surface area contributed by atoms with Crippen LogP contribution in [-0.4, -0.2) is 93.3 Å². The molecule has 2 rings (SSSR count). The Labute approximate surface area is 138 Å². The number of rotatable bonds is 4. The van der Waals surface area contributed by atoms with E-state index in [1.807, 2.05) is 0 Å². The molecule has 0 aromatic carbocycles. The molecule has 0 saturated carbocycles. The zero-order chi connectivity index (χ0) is 18.0. The summed E-state index contributed by atoms with van der Waals surface area (Å²) in [5.41, 5.74) is 0. The molecule has 0 radical (unpaired) electrons. The van der Waals surface area contributed by atoms with Gasteiger partial charge in [-0.2, -0.15) is 0 Å². The van der Waals surface area contributed by atoms with Gasteiger partial charge < -0.3 is 45.1 Å². The number of carbonyl (C=O) groups excluding carboxylic acids is 1. The Morgan fingerprint density at radius 2 is 1.88 bits per heavy atom. The third-order valence-electron chi connectivity index (χ3n) is 4.23. The quantitative estimate of drug-likeness (QED) is 0.307. The van der Waals surface area contributed by atoms with Crippen LogP contribution in [0, 0.1) is 0 Å². The number of aliphatic hydroxyl groups is 5. The van der Waals surface area contributed by atoms with Crippen molar-refractivity contribution in [1.82, 2.24) is 5.32 Å². The van der Waals surface area contributed by atoms with Crippen LogP contribution in [0.25, 0.3) is 0 Å². The van der Waals surface area contributed by atoms with E-state index in [0.717, 1.165) is 0 Å². The molecule has 2 aliphatic rings. The molecule has 6 N–H and O–H groups in total. The van der Waals surface area contributed by atoms with E-state index in [-0.39, 0.29) is 6.42 Å². The number of ether oxygens (including phenoxy) is 3. The molecule has 10 heteroatoms. The average molecular weight is 351 g/mol. The minimum atomic E-state index is -1.50. The van der Waals surface area contributed by atoms with E-state index < -0.39 is 67.8 Å². The standard InChI is InChI=1S/C14H25NO9/c1-5-11(19)7(18)3-9(22-5)24-13-10(15-6(2)17)14(21)23-8(4-16)12(13)20/h5,7-14,16,18-21H,3-4H2,1-2H3,(H,15,17)/t5-,7-,8+,9-,10+,11-,12+,13+,14+/m0/s1. The van der Waals surface area contributed by atoms with Crippen LogP contribution < -0.4 is 5.32 Å². The van der Waals surface area contributed by atoms with E-state index >= 15 is 0 Å². The van der Waals surface area contributed by atoms with E-state index in [2.05, 4.69) is 5.32 Å². The molecule has 0 aliphatic carbocycles. The van der Waals surface area contributed by atoms with Crippen molar-refractivity contribution in [3.63, 3.8) is 0 Å². The lowest BCUT2D eigenvalue weighted by molar-refractivity contribution is -0.313. The summed E-state index contributed by atoms with van der Waals surface area (Å²) in [7, 11) is 0. The van der Waals surface area contributed by atoms with Gasteiger partial charge in [-0.25, -0.2) is 0 Å². The second-order valence-corrected chi connectivity index (χ2v) is 6.13. The lowest BCUT2D eigenvalue weighted by Crippen LogP contribution is -2.65. The van der Waals surface area contributed by atoms with Crippen LogP contribution in [-0.2, 0) is 19.0 Å². The molecule has 2 heterocycles. The smallest absolute Gasteiger partial charge is 0.217 e. The van der Waals surface area contributed by atoms with Gasteiger partial charge in [-0.15, -0.1) is 0 Å². The topological polar surface area (TPSA) is 158 Å². The molecule has 2 saturated heterocycles. The molecule has 2 fully saturated rings. The fourth-order valence-electron chi connectivity index (χ4n) is 2.92. The number of hydrogen-bond donors (Lipinski definition) is 6. The van der Waals surface area contributed by atoms with Crippen LogP contribution in [0.2, 0.25) is 0 Å². The van der Waals surface area contributed by atoms with Gasteiger partial charge in [-0.3, -0.25) is 4.79 Å². The van der Waals surface area contributed by atoms with Gasteiger partial charge >= 0.3 is 0 Å². The second-order valence-electron chi connectivity index (χ2n) is 6.13. The molecule has 0 unspecified atom stereocenters. The van der Waals surface area contributed by atoms with Crippen LogP contribution in [0.15, 0.2) is 0 Å². The first kappa shape index (κ1) is 19.5. The summed E-state index contributed by atoms with van der Waals surface area (Å²) in [6, 6.07) is -1.09. The number of aliphatic hydroxyl groups excluding tert-OH is 5. The Bertz CT molecular complexity index is 424. The van der Waals surface area contributed by atoms with E-state index in [0.29, 0.717) is 0 Å². The lowest BCUT2D eigenvalue weighted by Gasteiger charge is -2.45. The molecule has 0 aromatic rings. The highest BCUT2D eigenvalue weighted by Crippen LogP contribution is 2.28. The molecule has 10 nitrogen and oxygen atoms in total. The van der Waals surface area contributed by atoms with E-state index in [1.165, 1.54) is 6.92 Å². The predicted molar refractivity (Wildman–Crippen MR) is 77.4 cm³/mol. The number of carbonyl (C=O) groups is 1. The van der Waals surface area contributed by atoms with Crippen molar-refractivity contribution in [2.45, 2.75) is 75.5 Å². The van der Waals surface area contributed by atoms with Crippen LogP contribution >= 0.6 is 0 Å². The summed E-state index contributed by atoms with van der Waals surface area (Å²) in [4.78, 5) is 11.3. The van der Waals surface area contributed by atoms with Gasteiger partial charge in [0.15, 0.2) is 12.6 Å². The van der Waals surface area contributed by atoms with Crippen molar-refractivity contribution in [1.29, 1.82) is 0 Å². The summed E-state index contributed by atoms with van der Waals surface area (Å²) >= 11 is 0. The maximum absolute atomic E-state index is 11.3. The van der Waals surface area contributed by atoms with Crippen molar-refractivity contribution in [2.24, 2.45) is 0 Å². The fourth-order valence-corrected chi connectivity index (χ4v) is 2.92. The Kier molecular flexibility index (Phi) is 6.51. The van der Waals surface area contributed by atoms with Crippen molar-refractivity contribution >= 4 is 5.91 Å². The third-order valence-corrected chi connectivity index (χ3v) is 4.23. The highest BCUT2D eigenvalue weighted by Gasteiger charge is 2.48. The Hall–Kier alpha value is -0.850. The van der Waals surface area contributed by atoms with Gasteiger partial charge in [0.25, 0.3) is 0 Å². The highest BCUT2D eigenvalue weighted by atomic mass is 16.7. The first-order valence-corrected chi connectivity index (χ1v) is 7.81. The van der Waals surface area contributed by atoms with Crippen LogP contribution in [0.4, 0.5) is 0 Å². The normalized spacial score (nSPS) is 46.5. The molecule has 9 atom stereocenters. The highest BCUT2D eigenvalue weighted by molar-refractivity contribution is 5.73. The van der Waals surface area contributed by atoms with Gasteiger partial charge in [-0.05, 0) is 6.92 Å². The van der Waals surface area contributed by atoms with Gasteiger partial charge in [-0.1, -0.05) is 0 Å². The van der Waals surface area contributed by atoms with Crippen LogP contribution in [0.3, 0.4) is 0 Å². The summed E-state index contributed by atoms with van der Waals surface area (Å²) < 4.78 is 16.1. The molecular weight excluding hydrogens is 326 g/mol. The summed E-state index contributed by atoms with van der Waals surface area (Å²) in [5.74, 6) is -0.473. The average Bonchev–Trinajstić information content (AvgIpc) is 2.51. The van der Waals surface area contributed by atoms with E-state index in [4.69, 9.17) is 14.2 Å². The maximum atomic E-state index is 11.3.